The smallest absolute Gasteiger partial charge is 0.369 e. The van der Waals surface area contributed by atoms with Gasteiger partial charge in [-0.15, -0.1) is 23.5 Å². The third-order valence-electron chi connectivity index (χ3n) is 9.38. The van der Waals surface area contributed by atoms with Crippen LogP contribution in [0, 0.1) is 23.7 Å². The summed E-state index contributed by atoms with van der Waals surface area (Å²) in [6.07, 6.45) is 18.6. The molecule has 0 atom stereocenters. The minimum Gasteiger partial charge on any atom is -0.369 e. The Kier molecular flexibility index (Phi) is 16.7. The van der Waals surface area contributed by atoms with E-state index in [4.69, 9.17) is 8.37 Å². The summed E-state index contributed by atoms with van der Waals surface area (Å²) in [4.78, 5) is 2.46. The van der Waals surface area contributed by atoms with Crippen molar-refractivity contribution in [3.05, 3.63) is 59.7 Å². The lowest BCUT2D eigenvalue weighted by atomic mass is 9.89. The topological polar surface area (TPSA) is 35.5 Å². The van der Waals surface area contributed by atoms with Crippen molar-refractivity contribution >= 4 is 56.4 Å². The molecular formula is C46H56O3S3. The summed E-state index contributed by atoms with van der Waals surface area (Å²) in [5.41, 5.74) is 3.26. The number of benzene rings is 4. The van der Waals surface area contributed by atoms with Crippen molar-refractivity contribution in [2.24, 2.45) is 0 Å². The second-order valence-electron chi connectivity index (χ2n) is 13.7. The summed E-state index contributed by atoms with van der Waals surface area (Å²) in [6, 6.07) is 17.5. The van der Waals surface area contributed by atoms with Crippen LogP contribution in [0.25, 0.3) is 32.7 Å². The second-order valence-corrected chi connectivity index (χ2v) is 16.8. The highest BCUT2D eigenvalue weighted by atomic mass is 32.2. The van der Waals surface area contributed by atoms with Gasteiger partial charge in [-0.3, -0.25) is 0 Å². The first kappa shape index (κ1) is 40.2. The highest BCUT2D eigenvalue weighted by Gasteiger charge is 2.30. The number of unbranched alkanes of at least 4 members (excludes halogenated alkanes) is 12. The second kappa shape index (κ2) is 21.6. The molecule has 0 saturated carbocycles. The molecule has 0 amide bonds. The highest BCUT2D eigenvalue weighted by molar-refractivity contribution is 7.99. The Morgan fingerprint density at radius 1 is 0.538 bits per heavy atom. The number of hydrogen-bond donors (Lipinski definition) is 0. The molecule has 0 saturated heterocycles. The van der Waals surface area contributed by atoms with E-state index in [0.29, 0.717) is 11.5 Å². The molecule has 6 heteroatoms. The molecule has 0 N–H and O–H groups in total. The summed E-state index contributed by atoms with van der Waals surface area (Å²) >= 11 is 1.67. The van der Waals surface area contributed by atoms with Gasteiger partial charge < -0.3 is 8.37 Å². The molecule has 1 aliphatic heterocycles. The minimum atomic E-state index is -2.08. The number of rotatable bonds is 18. The molecule has 276 valence electrons. The summed E-state index contributed by atoms with van der Waals surface area (Å²) in [6.45, 7) is 8.93. The Morgan fingerprint density at radius 3 is 1.38 bits per heavy atom. The minimum absolute atomic E-state index is 0.525. The molecule has 52 heavy (non-hydrogen) atoms. The molecular weight excluding hydrogens is 697 g/mol. The maximum atomic E-state index is 13.7. The van der Waals surface area contributed by atoms with Crippen molar-refractivity contribution < 1.29 is 12.6 Å². The maximum Gasteiger partial charge on any atom is 0.417 e. The average Bonchev–Trinajstić information content (AvgIpc) is 3.31. The molecule has 4 aromatic rings. The Bertz CT molecular complexity index is 1800. The van der Waals surface area contributed by atoms with Crippen molar-refractivity contribution in [1.29, 1.82) is 0 Å². The van der Waals surface area contributed by atoms with Gasteiger partial charge in [0.25, 0.3) is 0 Å². The monoisotopic (exact) mass is 752 g/mol. The molecule has 0 fully saturated rings. The molecule has 4 aromatic carbocycles. The SMILES string of the molecule is CCCCCCCCC#Cc1cc2cc(SCCC)ccc2c2c1OS(=O)Oc1c(C#CCCCCCCCC)cc3cc(SCCC)ccc3c1-2. The third kappa shape index (κ3) is 11.0. The van der Waals surface area contributed by atoms with Crippen molar-refractivity contribution in [1.82, 2.24) is 0 Å². The molecule has 0 aromatic heterocycles. The van der Waals surface area contributed by atoms with Gasteiger partial charge in [-0.05, 0) is 95.1 Å². The summed E-state index contributed by atoms with van der Waals surface area (Å²) in [5.74, 6) is 17.0. The first-order valence-electron chi connectivity index (χ1n) is 19.8. The first-order valence-corrected chi connectivity index (χ1v) is 22.8. The van der Waals surface area contributed by atoms with Crippen molar-refractivity contribution in [2.45, 2.75) is 140 Å². The fourth-order valence-corrected chi connectivity index (χ4v) is 8.94. The third-order valence-corrected chi connectivity index (χ3v) is 12.4. The van der Waals surface area contributed by atoms with E-state index >= 15 is 0 Å². The molecule has 0 bridgehead atoms. The van der Waals surface area contributed by atoms with E-state index in [1.54, 1.807) is 0 Å². The predicted octanol–water partition coefficient (Wildman–Crippen LogP) is 14.2. The molecule has 0 aliphatic carbocycles. The normalized spacial score (nSPS) is 12.2. The van der Waals surface area contributed by atoms with E-state index < -0.39 is 11.4 Å². The van der Waals surface area contributed by atoms with Crippen molar-refractivity contribution in [2.75, 3.05) is 11.5 Å². The molecule has 1 aliphatic rings. The summed E-state index contributed by atoms with van der Waals surface area (Å²) in [7, 11) is 0. The van der Waals surface area contributed by atoms with Gasteiger partial charge in [-0.1, -0.05) is 128 Å². The van der Waals surface area contributed by atoms with Crippen LogP contribution in [0.4, 0.5) is 0 Å². The van der Waals surface area contributed by atoms with Gasteiger partial charge in [0.2, 0.25) is 0 Å². The number of hydrogen-bond acceptors (Lipinski definition) is 5. The average molecular weight is 753 g/mol. The molecule has 5 rings (SSSR count). The van der Waals surface area contributed by atoms with E-state index in [-0.39, 0.29) is 0 Å². The van der Waals surface area contributed by atoms with E-state index in [0.717, 1.165) is 93.8 Å². The first-order chi connectivity index (χ1) is 25.6. The van der Waals surface area contributed by atoms with Crippen LogP contribution in [-0.4, -0.2) is 15.7 Å². The van der Waals surface area contributed by atoms with Gasteiger partial charge in [-0.25, -0.2) is 0 Å². The standard InChI is InChI=1S/C46H56O3S3/c1-5-9-11-13-15-17-19-21-23-35-31-37-33-39(50-29-7-3)25-27-41(37)43-44-42-28-26-40(51-30-8-4)34-38(42)32-36(46(44)49-52(47)48-45(35)43)24-22-20-18-16-14-12-10-6-2/h25-28,31-34H,5-20,29-30H2,1-4H3. The van der Waals surface area contributed by atoms with Crippen LogP contribution < -0.4 is 8.37 Å². The van der Waals surface area contributed by atoms with Crippen molar-refractivity contribution in [3.63, 3.8) is 0 Å². The van der Waals surface area contributed by atoms with Crippen LogP contribution >= 0.6 is 23.5 Å². The van der Waals surface area contributed by atoms with Crippen LogP contribution in [0.1, 0.15) is 142 Å². The Balaban J connectivity index is 1.66. The van der Waals surface area contributed by atoms with Crippen LogP contribution in [0.3, 0.4) is 0 Å². The van der Waals surface area contributed by atoms with Crippen LogP contribution in [-0.2, 0) is 11.4 Å². The van der Waals surface area contributed by atoms with Crippen LogP contribution in [0.2, 0.25) is 0 Å². The van der Waals surface area contributed by atoms with Gasteiger partial charge in [0.15, 0.2) is 11.5 Å². The summed E-state index contributed by atoms with van der Waals surface area (Å²) < 4.78 is 26.2. The molecule has 1 heterocycles. The lowest BCUT2D eigenvalue weighted by molar-refractivity contribution is 0.468. The molecule has 0 radical (unpaired) electrons. The lowest BCUT2D eigenvalue weighted by Crippen LogP contribution is -2.08. The van der Waals surface area contributed by atoms with Gasteiger partial charge in [0.05, 0.1) is 11.1 Å². The quantitative estimate of drug-likeness (QED) is 0.0574. The Morgan fingerprint density at radius 2 is 0.962 bits per heavy atom. The van der Waals surface area contributed by atoms with Gasteiger partial charge in [-0.2, -0.15) is 4.21 Å². The summed E-state index contributed by atoms with van der Waals surface area (Å²) in [5, 5.41) is 4.25. The van der Waals surface area contributed by atoms with Crippen LogP contribution in [0.15, 0.2) is 58.3 Å². The van der Waals surface area contributed by atoms with Gasteiger partial charge in [0, 0.05) is 33.8 Å². The Labute approximate surface area is 325 Å². The number of thioether (sulfide) groups is 2. The van der Waals surface area contributed by atoms with E-state index in [9.17, 15) is 4.21 Å². The lowest BCUT2D eigenvalue weighted by Gasteiger charge is -2.16. The number of fused-ring (bicyclic) bond motifs is 7. The van der Waals surface area contributed by atoms with Gasteiger partial charge in [0.1, 0.15) is 0 Å². The zero-order chi connectivity index (χ0) is 36.5. The Hall–Kier alpha value is -3.03. The maximum absolute atomic E-state index is 13.7. The van der Waals surface area contributed by atoms with E-state index in [2.05, 4.69) is 99.9 Å². The van der Waals surface area contributed by atoms with Crippen molar-refractivity contribution in [3.8, 4) is 46.3 Å². The molecule has 0 spiro atoms. The fourth-order valence-electron chi connectivity index (χ4n) is 6.66. The molecule has 0 unspecified atom stereocenters. The highest BCUT2D eigenvalue weighted by Crippen LogP contribution is 2.51. The largest absolute Gasteiger partial charge is 0.417 e. The van der Waals surface area contributed by atoms with Gasteiger partial charge >= 0.3 is 11.4 Å². The zero-order valence-corrected chi connectivity index (χ0v) is 34.2. The van der Waals surface area contributed by atoms with E-state index in [1.807, 2.05) is 23.5 Å². The predicted molar refractivity (Wildman–Crippen MR) is 228 cm³/mol. The fraction of sp³-hybridized carbons (Fsp3) is 0.478. The molecule has 3 nitrogen and oxygen atoms in total. The van der Waals surface area contributed by atoms with Crippen LogP contribution in [0.5, 0.6) is 11.5 Å². The van der Waals surface area contributed by atoms with E-state index in [1.165, 1.54) is 74.0 Å². The zero-order valence-electron chi connectivity index (χ0n) is 31.8.